The minimum Gasteiger partial charge on any atom is -0.467 e. The smallest absolute Gasteiger partial charge is 0.343 e. The second-order valence-corrected chi connectivity index (χ2v) is 5.18. The fraction of sp³-hybridized carbons (Fsp3) is 0.538. The van der Waals surface area contributed by atoms with Gasteiger partial charge < -0.3 is 4.74 Å². The highest BCUT2D eigenvalue weighted by molar-refractivity contribution is 6.29. The van der Waals surface area contributed by atoms with Crippen LogP contribution in [0, 0.1) is 5.92 Å². The molecule has 1 fully saturated rings. The number of hydrogen-bond acceptors (Lipinski definition) is 3. The number of aromatic nitrogens is 1. The van der Waals surface area contributed by atoms with Gasteiger partial charge in [0.2, 0.25) is 5.67 Å². The number of halogens is 2. The number of methoxy groups -OCH3 is 1. The van der Waals surface area contributed by atoms with E-state index >= 15 is 0 Å². The summed E-state index contributed by atoms with van der Waals surface area (Å²) < 4.78 is 19.3. The van der Waals surface area contributed by atoms with E-state index in [0.29, 0.717) is 10.7 Å². The molecule has 2 rings (SSSR count). The molecule has 1 heterocycles. The zero-order chi connectivity index (χ0) is 13.3. The van der Waals surface area contributed by atoms with Gasteiger partial charge in [-0.25, -0.2) is 14.2 Å². The zero-order valence-corrected chi connectivity index (χ0v) is 11.1. The topological polar surface area (TPSA) is 39.2 Å². The van der Waals surface area contributed by atoms with Gasteiger partial charge in [0.25, 0.3) is 0 Å². The lowest BCUT2D eigenvalue weighted by molar-refractivity contribution is -0.155. The Labute approximate surface area is 110 Å². The maximum absolute atomic E-state index is 14.7. The first-order chi connectivity index (χ1) is 8.46. The Hall–Kier alpha value is -1.16. The molecule has 3 nitrogen and oxygen atoms in total. The molecule has 2 atom stereocenters. The standard InChI is InChI=1S/C13H15ClFNO2/c1-13(15,12(17)18-2)11(8-3-4-8)9-5-6-16-10(14)7-9/h5-8,11H,3-4H2,1-2H3/t11-,13?/m0/s1. The summed E-state index contributed by atoms with van der Waals surface area (Å²) in [7, 11) is 1.20. The molecule has 1 aromatic rings. The Bertz CT molecular complexity index is 460. The van der Waals surface area contributed by atoms with E-state index < -0.39 is 17.6 Å². The number of pyridine rings is 1. The van der Waals surface area contributed by atoms with E-state index in [4.69, 9.17) is 11.6 Å². The highest BCUT2D eigenvalue weighted by atomic mass is 35.5. The van der Waals surface area contributed by atoms with Gasteiger partial charge >= 0.3 is 5.97 Å². The van der Waals surface area contributed by atoms with Gasteiger partial charge in [-0.15, -0.1) is 0 Å². The van der Waals surface area contributed by atoms with Crippen LogP contribution in [0.25, 0.3) is 0 Å². The van der Waals surface area contributed by atoms with Crippen LogP contribution >= 0.6 is 11.6 Å². The predicted octanol–water partition coefficient (Wildman–Crippen LogP) is 3.13. The van der Waals surface area contributed by atoms with Crippen LogP contribution in [0.5, 0.6) is 0 Å². The Kier molecular flexibility index (Phi) is 3.57. The molecule has 1 aromatic heterocycles. The molecule has 0 amide bonds. The van der Waals surface area contributed by atoms with E-state index in [1.165, 1.54) is 20.2 Å². The average molecular weight is 272 g/mol. The number of carbonyl (C=O) groups is 1. The lowest BCUT2D eigenvalue weighted by atomic mass is 9.81. The number of alkyl halides is 1. The molecule has 1 aliphatic carbocycles. The normalized spacial score (nSPS) is 20.0. The molecule has 1 unspecified atom stereocenters. The molecule has 0 spiro atoms. The molecule has 1 aliphatic rings. The van der Waals surface area contributed by atoms with Crippen LogP contribution in [0.3, 0.4) is 0 Å². The van der Waals surface area contributed by atoms with Gasteiger partial charge in [0.05, 0.1) is 7.11 Å². The molecule has 1 saturated carbocycles. The summed E-state index contributed by atoms with van der Waals surface area (Å²) in [4.78, 5) is 15.5. The van der Waals surface area contributed by atoms with Gasteiger partial charge in [-0.1, -0.05) is 11.6 Å². The largest absolute Gasteiger partial charge is 0.467 e. The van der Waals surface area contributed by atoms with Crippen molar-refractivity contribution in [2.24, 2.45) is 5.92 Å². The maximum Gasteiger partial charge on any atom is 0.343 e. The van der Waals surface area contributed by atoms with Crippen LogP contribution in [-0.2, 0) is 9.53 Å². The molecule has 0 radical (unpaired) electrons. The highest BCUT2D eigenvalue weighted by Gasteiger charge is 2.50. The van der Waals surface area contributed by atoms with Gasteiger partial charge in [0.15, 0.2) is 0 Å². The van der Waals surface area contributed by atoms with Crippen molar-refractivity contribution in [3.8, 4) is 0 Å². The quantitative estimate of drug-likeness (QED) is 0.624. The number of rotatable bonds is 4. The van der Waals surface area contributed by atoms with Crippen molar-refractivity contribution in [2.75, 3.05) is 7.11 Å². The Morgan fingerprint density at radius 2 is 2.33 bits per heavy atom. The Balaban J connectivity index is 2.37. The number of ether oxygens (including phenoxy) is 1. The van der Waals surface area contributed by atoms with Crippen LogP contribution in [0.2, 0.25) is 5.15 Å². The molecule has 18 heavy (non-hydrogen) atoms. The third kappa shape index (κ3) is 2.48. The van der Waals surface area contributed by atoms with Crippen molar-refractivity contribution in [1.82, 2.24) is 4.98 Å². The molecular formula is C13H15ClFNO2. The lowest BCUT2D eigenvalue weighted by Crippen LogP contribution is -2.39. The van der Waals surface area contributed by atoms with Gasteiger partial charge in [0, 0.05) is 12.1 Å². The SMILES string of the molecule is COC(=O)C(C)(F)[C@H](c1ccnc(Cl)c1)C1CC1. The number of esters is 1. The van der Waals surface area contributed by atoms with Gasteiger partial charge in [0.1, 0.15) is 5.15 Å². The van der Waals surface area contributed by atoms with Crippen LogP contribution in [0.1, 0.15) is 31.2 Å². The van der Waals surface area contributed by atoms with Crippen molar-refractivity contribution < 1.29 is 13.9 Å². The monoisotopic (exact) mass is 271 g/mol. The summed E-state index contributed by atoms with van der Waals surface area (Å²) in [5, 5.41) is 0.304. The average Bonchev–Trinajstić information content (AvgIpc) is 3.12. The molecule has 98 valence electrons. The first kappa shape index (κ1) is 13.3. The summed E-state index contributed by atoms with van der Waals surface area (Å²) in [6, 6.07) is 3.32. The minimum atomic E-state index is -2.04. The zero-order valence-electron chi connectivity index (χ0n) is 10.3. The molecule has 0 N–H and O–H groups in total. The first-order valence-electron chi connectivity index (χ1n) is 5.85. The van der Waals surface area contributed by atoms with E-state index in [9.17, 15) is 9.18 Å². The number of nitrogens with zero attached hydrogens (tertiary/aromatic N) is 1. The second-order valence-electron chi connectivity index (χ2n) is 4.79. The molecule has 5 heteroatoms. The summed E-state index contributed by atoms with van der Waals surface area (Å²) in [6.07, 6.45) is 3.36. The van der Waals surface area contributed by atoms with Gasteiger partial charge in [-0.2, -0.15) is 0 Å². The van der Waals surface area contributed by atoms with Gasteiger partial charge in [-0.05, 0) is 43.4 Å². The third-order valence-corrected chi connectivity index (χ3v) is 3.58. The van der Waals surface area contributed by atoms with Gasteiger partial charge in [-0.3, -0.25) is 0 Å². The van der Waals surface area contributed by atoms with Crippen molar-refractivity contribution in [2.45, 2.75) is 31.4 Å². The van der Waals surface area contributed by atoms with E-state index in [-0.39, 0.29) is 5.92 Å². The van der Waals surface area contributed by atoms with Crippen molar-refractivity contribution in [3.63, 3.8) is 0 Å². The third-order valence-electron chi connectivity index (χ3n) is 3.37. The minimum absolute atomic E-state index is 0.164. The second kappa shape index (κ2) is 4.84. The predicted molar refractivity (Wildman–Crippen MR) is 66.2 cm³/mol. The van der Waals surface area contributed by atoms with E-state index in [0.717, 1.165) is 12.8 Å². The molecule has 0 aromatic carbocycles. The summed E-state index contributed by atoms with van der Waals surface area (Å²) in [5.41, 5.74) is -1.34. The Morgan fingerprint density at radius 3 is 2.83 bits per heavy atom. The first-order valence-corrected chi connectivity index (χ1v) is 6.23. The maximum atomic E-state index is 14.7. The fourth-order valence-corrected chi connectivity index (χ4v) is 2.58. The van der Waals surface area contributed by atoms with E-state index in [1.54, 1.807) is 12.1 Å². The van der Waals surface area contributed by atoms with E-state index in [2.05, 4.69) is 9.72 Å². The molecular weight excluding hydrogens is 257 g/mol. The van der Waals surface area contributed by atoms with E-state index in [1.807, 2.05) is 0 Å². The summed E-state index contributed by atoms with van der Waals surface area (Å²) in [6.45, 7) is 1.27. The molecule has 0 bridgehead atoms. The molecule has 0 saturated heterocycles. The highest BCUT2D eigenvalue weighted by Crippen LogP contribution is 2.50. The fourth-order valence-electron chi connectivity index (χ4n) is 2.39. The van der Waals surface area contributed by atoms with Crippen LogP contribution in [-0.4, -0.2) is 23.7 Å². The summed E-state index contributed by atoms with van der Waals surface area (Å²) in [5.74, 6) is -1.20. The number of hydrogen-bond donors (Lipinski definition) is 0. The van der Waals surface area contributed by atoms with Crippen molar-refractivity contribution >= 4 is 17.6 Å². The number of carbonyl (C=O) groups excluding carboxylic acids is 1. The van der Waals surface area contributed by atoms with Crippen LogP contribution in [0.15, 0.2) is 18.3 Å². The lowest BCUT2D eigenvalue weighted by Gasteiger charge is -2.28. The van der Waals surface area contributed by atoms with Crippen molar-refractivity contribution in [1.29, 1.82) is 0 Å². The van der Waals surface area contributed by atoms with Crippen LogP contribution < -0.4 is 0 Å². The summed E-state index contributed by atoms with van der Waals surface area (Å²) >= 11 is 5.83. The van der Waals surface area contributed by atoms with Crippen LogP contribution in [0.4, 0.5) is 4.39 Å². The molecule has 0 aliphatic heterocycles. The van der Waals surface area contributed by atoms with Crippen molar-refractivity contribution in [3.05, 3.63) is 29.0 Å². The Morgan fingerprint density at radius 1 is 1.67 bits per heavy atom.